The number of halogens is 3. The fraction of sp³-hybridized carbons (Fsp3) is 0.0870. The second-order valence-electron chi connectivity index (χ2n) is 6.46. The summed E-state index contributed by atoms with van der Waals surface area (Å²) in [4.78, 5) is 24.3. The minimum Gasteiger partial charge on any atom is -0.493 e. The number of hydrogen-bond acceptors (Lipinski definition) is 6. The summed E-state index contributed by atoms with van der Waals surface area (Å²) in [5.41, 5.74) is 3.22. The summed E-state index contributed by atoms with van der Waals surface area (Å²) in [6.45, 7) is -0.189. The van der Waals surface area contributed by atoms with Crippen LogP contribution < -0.4 is 19.6 Å². The number of rotatable bonds is 8. The number of amides is 1. The largest absolute Gasteiger partial charge is 0.493 e. The minimum atomic E-state index is -0.619. The van der Waals surface area contributed by atoms with Crippen LogP contribution in [0.4, 0.5) is 0 Å². The van der Waals surface area contributed by atoms with E-state index in [4.69, 9.17) is 37.4 Å². The van der Waals surface area contributed by atoms with Gasteiger partial charge in [0.05, 0.1) is 28.9 Å². The molecule has 33 heavy (non-hydrogen) atoms. The SMILES string of the molecule is COc1cc(/C=N/NC(=O)COc2ccc(Br)cc2)ccc1OC(=O)c1ccc(Cl)c(Cl)c1. The molecule has 0 fully saturated rings. The summed E-state index contributed by atoms with van der Waals surface area (Å²) >= 11 is 15.1. The van der Waals surface area contributed by atoms with Crippen molar-refractivity contribution in [3.63, 3.8) is 0 Å². The average Bonchev–Trinajstić information content (AvgIpc) is 2.81. The Morgan fingerprint density at radius 1 is 1.00 bits per heavy atom. The second kappa shape index (κ2) is 11.7. The van der Waals surface area contributed by atoms with E-state index in [0.717, 1.165) is 4.47 Å². The van der Waals surface area contributed by atoms with Gasteiger partial charge in [-0.25, -0.2) is 10.2 Å². The van der Waals surface area contributed by atoms with Crippen molar-refractivity contribution < 1.29 is 23.8 Å². The van der Waals surface area contributed by atoms with Crippen molar-refractivity contribution in [3.8, 4) is 17.2 Å². The number of nitrogens with one attached hydrogen (secondary N) is 1. The number of carbonyl (C=O) groups excluding carboxylic acids is 2. The van der Waals surface area contributed by atoms with Crippen molar-refractivity contribution >= 4 is 57.2 Å². The second-order valence-corrected chi connectivity index (χ2v) is 8.19. The summed E-state index contributed by atoms with van der Waals surface area (Å²) in [6, 6.07) is 16.3. The molecule has 0 heterocycles. The monoisotopic (exact) mass is 550 g/mol. The number of ether oxygens (including phenoxy) is 3. The number of benzene rings is 3. The summed E-state index contributed by atoms with van der Waals surface area (Å²) < 4.78 is 17.0. The molecule has 0 radical (unpaired) electrons. The molecule has 1 amide bonds. The number of methoxy groups -OCH3 is 1. The van der Waals surface area contributed by atoms with Gasteiger partial charge in [-0.3, -0.25) is 4.79 Å². The highest BCUT2D eigenvalue weighted by atomic mass is 79.9. The molecular weight excluding hydrogens is 535 g/mol. The van der Waals surface area contributed by atoms with Crippen molar-refractivity contribution in [2.24, 2.45) is 5.10 Å². The van der Waals surface area contributed by atoms with Gasteiger partial charge in [0.15, 0.2) is 18.1 Å². The van der Waals surface area contributed by atoms with Crippen molar-refractivity contribution in [1.29, 1.82) is 0 Å². The number of carbonyl (C=O) groups is 2. The Bertz CT molecular complexity index is 1190. The van der Waals surface area contributed by atoms with Gasteiger partial charge >= 0.3 is 5.97 Å². The van der Waals surface area contributed by atoms with Crippen molar-refractivity contribution in [1.82, 2.24) is 5.43 Å². The molecule has 0 aliphatic carbocycles. The fourth-order valence-corrected chi connectivity index (χ4v) is 3.08. The zero-order valence-corrected chi connectivity index (χ0v) is 20.3. The van der Waals surface area contributed by atoms with Gasteiger partial charge in [-0.2, -0.15) is 5.10 Å². The van der Waals surface area contributed by atoms with Gasteiger partial charge < -0.3 is 14.2 Å². The van der Waals surface area contributed by atoms with Crippen LogP contribution in [0.2, 0.25) is 10.0 Å². The van der Waals surface area contributed by atoms with E-state index in [9.17, 15) is 9.59 Å². The highest BCUT2D eigenvalue weighted by Crippen LogP contribution is 2.29. The Kier molecular flexibility index (Phi) is 8.71. The molecule has 0 aliphatic rings. The van der Waals surface area contributed by atoms with Gasteiger partial charge in [0.2, 0.25) is 0 Å². The van der Waals surface area contributed by atoms with Crippen LogP contribution in [0.5, 0.6) is 17.2 Å². The maximum absolute atomic E-state index is 12.4. The van der Waals surface area contributed by atoms with Gasteiger partial charge in [0.25, 0.3) is 5.91 Å². The Hall–Kier alpha value is -3.07. The van der Waals surface area contributed by atoms with Crippen LogP contribution >= 0.6 is 39.1 Å². The van der Waals surface area contributed by atoms with Crippen LogP contribution in [-0.2, 0) is 4.79 Å². The first-order valence-corrected chi connectivity index (χ1v) is 11.0. The molecule has 7 nitrogen and oxygen atoms in total. The third kappa shape index (κ3) is 7.21. The number of hydrogen-bond donors (Lipinski definition) is 1. The van der Waals surface area contributed by atoms with E-state index < -0.39 is 11.9 Å². The van der Waals surface area contributed by atoms with Crippen molar-refractivity contribution in [3.05, 3.63) is 86.3 Å². The van der Waals surface area contributed by atoms with Crippen LogP contribution in [0.15, 0.2) is 70.2 Å². The summed E-state index contributed by atoms with van der Waals surface area (Å²) in [7, 11) is 1.44. The summed E-state index contributed by atoms with van der Waals surface area (Å²) in [5, 5.41) is 4.48. The normalized spacial score (nSPS) is 10.7. The Labute approximate surface area is 208 Å². The molecule has 0 aliphatic heterocycles. The van der Waals surface area contributed by atoms with Crippen molar-refractivity contribution in [2.75, 3.05) is 13.7 Å². The molecule has 3 rings (SSSR count). The molecule has 0 atom stereocenters. The van der Waals surface area contributed by atoms with Crippen LogP contribution in [0.25, 0.3) is 0 Å². The molecular formula is C23H17BrCl2N2O5. The minimum absolute atomic E-state index is 0.189. The Morgan fingerprint density at radius 2 is 1.76 bits per heavy atom. The lowest BCUT2D eigenvalue weighted by atomic mass is 10.2. The van der Waals surface area contributed by atoms with E-state index in [1.807, 2.05) is 12.1 Å². The van der Waals surface area contributed by atoms with Crippen LogP contribution in [-0.4, -0.2) is 31.8 Å². The molecule has 170 valence electrons. The van der Waals surface area contributed by atoms with E-state index in [-0.39, 0.29) is 22.9 Å². The quantitative estimate of drug-likeness (QED) is 0.172. The molecule has 0 spiro atoms. The molecule has 3 aromatic rings. The van der Waals surface area contributed by atoms with Crippen molar-refractivity contribution in [2.45, 2.75) is 0 Å². The summed E-state index contributed by atoms with van der Waals surface area (Å²) in [6.07, 6.45) is 1.42. The topological polar surface area (TPSA) is 86.2 Å². The maximum Gasteiger partial charge on any atom is 0.343 e. The predicted molar refractivity (Wildman–Crippen MR) is 130 cm³/mol. The number of nitrogens with zero attached hydrogens (tertiary/aromatic N) is 1. The maximum atomic E-state index is 12.4. The highest BCUT2D eigenvalue weighted by molar-refractivity contribution is 9.10. The van der Waals surface area contributed by atoms with Gasteiger partial charge in [-0.05, 0) is 66.2 Å². The van der Waals surface area contributed by atoms with Gasteiger partial charge in [0.1, 0.15) is 5.75 Å². The average molecular weight is 552 g/mol. The van der Waals surface area contributed by atoms with Gasteiger partial charge in [0, 0.05) is 4.47 Å². The Balaban J connectivity index is 1.57. The number of hydrazone groups is 1. The zero-order valence-electron chi connectivity index (χ0n) is 17.2. The van der Waals surface area contributed by atoms with Crippen LogP contribution in [0.1, 0.15) is 15.9 Å². The number of esters is 1. The molecule has 0 saturated heterocycles. The first-order chi connectivity index (χ1) is 15.9. The zero-order chi connectivity index (χ0) is 23.8. The van der Waals surface area contributed by atoms with E-state index in [1.165, 1.54) is 31.5 Å². The Morgan fingerprint density at radius 3 is 2.45 bits per heavy atom. The van der Waals surface area contributed by atoms with Gasteiger partial charge in [-0.15, -0.1) is 0 Å². The van der Waals surface area contributed by atoms with E-state index in [1.54, 1.807) is 30.3 Å². The summed E-state index contributed by atoms with van der Waals surface area (Å²) in [5.74, 6) is 0.0302. The van der Waals surface area contributed by atoms with Crippen LogP contribution in [0.3, 0.4) is 0 Å². The van der Waals surface area contributed by atoms with Crippen LogP contribution in [0, 0.1) is 0 Å². The molecule has 0 unspecified atom stereocenters. The fourth-order valence-electron chi connectivity index (χ4n) is 2.52. The van der Waals surface area contributed by atoms with E-state index in [0.29, 0.717) is 22.1 Å². The lowest BCUT2D eigenvalue weighted by Gasteiger charge is -2.10. The van der Waals surface area contributed by atoms with Gasteiger partial charge in [-0.1, -0.05) is 39.1 Å². The third-order valence-electron chi connectivity index (χ3n) is 4.13. The highest BCUT2D eigenvalue weighted by Gasteiger charge is 2.14. The standard InChI is InChI=1S/C23H17BrCl2N2O5/c1-31-21-10-14(12-27-28-22(29)13-32-17-6-4-16(24)5-7-17)2-9-20(21)33-23(30)15-3-8-18(25)19(26)11-15/h2-12H,13H2,1H3,(H,28,29)/b27-12+. The molecule has 10 heteroatoms. The lowest BCUT2D eigenvalue weighted by molar-refractivity contribution is -0.123. The smallest absolute Gasteiger partial charge is 0.343 e. The van der Waals surface area contributed by atoms with E-state index >= 15 is 0 Å². The molecule has 0 bridgehead atoms. The first kappa shape index (κ1) is 24.6. The molecule has 0 aromatic heterocycles. The first-order valence-electron chi connectivity index (χ1n) is 9.41. The predicted octanol–water partition coefficient (Wildman–Crippen LogP) is 5.51. The van der Waals surface area contributed by atoms with E-state index in [2.05, 4.69) is 26.5 Å². The molecule has 0 saturated carbocycles. The lowest BCUT2D eigenvalue weighted by Crippen LogP contribution is -2.24. The molecule has 3 aromatic carbocycles. The molecule has 1 N–H and O–H groups in total. The third-order valence-corrected chi connectivity index (χ3v) is 5.40.